The van der Waals surface area contributed by atoms with Crippen molar-refractivity contribution >= 4 is 16.6 Å². The molecule has 0 aliphatic heterocycles. The summed E-state index contributed by atoms with van der Waals surface area (Å²) in [5.41, 5.74) is 3.01. The van der Waals surface area contributed by atoms with Crippen molar-refractivity contribution < 1.29 is 0 Å². The molecule has 0 spiro atoms. The Morgan fingerprint density at radius 2 is 1.96 bits per heavy atom. The zero-order valence-corrected chi connectivity index (χ0v) is 14.0. The van der Waals surface area contributed by atoms with Gasteiger partial charge in [0.2, 0.25) is 6.19 Å². The van der Waals surface area contributed by atoms with Gasteiger partial charge in [-0.1, -0.05) is 31.2 Å². The average molecular weight is 333 g/mol. The normalized spacial score (nSPS) is 11.5. The van der Waals surface area contributed by atoms with E-state index in [1.807, 2.05) is 42.6 Å². The number of para-hydroxylation sites is 1. The molecule has 124 valence electrons. The van der Waals surface area contributed by atoms with E-state index in [2.05, 4.69) is 15.3 Å². The van der Waals surface area contributed by atoms with Crippen LogP contribution in [0.2, 0.25) is 0 Å². The molecule has 0 N–H and O–H groups in total. The molecule has 0 aliphatic carbocycles. The van der Waals surface area contributed by atoms with Crippen LogP contribution < -0.4 is 5.56 Å². The topological polar surface area (TPSA) is 93.8 Å². The lowest BCUT2D eigenvalue weighted by Crippen LogP contribution is -2.19. The molecule has 0 bridgehead atoms. The first kappa shape index (κ1) is 15.1. The number of nitriles is 1. The van der Waals surface area contributed by atoms with Crippen molar-refractivity contribution in [2.24, 2.45) is 7.05 Å². The van der Waals surface area contributed by atoms with Crippen LogP contribution in [0.15, 0.2) is 35.4 Å². The van der Waals surface area contributed by atoms with Gasteiger partial charge in [0.25, 0.3) is 5.56 Å². The van der Waals surface area contributed by atoms with Gasteiger partial charge in [0.15, 0.2) is 0 Å². The molecule has 0 saturated carbocycles. The number of hydrogen-bond acceptors (Lipinski definition) is 5. The lowest BCUT2D eigenvalue weighted by Gasteiger charge is -2.09. The van der Waals surface area contributed by atoms with Crippen LogP contribution in [0.1, 0.15) is 25.5 Å². The molecule has 0 fully saturated rings. The van der Waals surface area contributed by atoms with Crippen LogP contribution in [-0.4, -0.2) is 28.9 Å². The summed E-state index contributed by atoms with van der Waals surface area (Å²) >= 11 is 0. The molecule has 25 heavy (non-hydrogen) atoms. The minimum absolute atomic E-state index is 0.0267. The summed E-state index contributed by atoms with van der Waals surface area (Å²) in [6, 6.07) is 7.39. The lowest BCUT2D eigenvalue weighted by molar-refractivity contribution is 0.725. The number of benzene rings is 1. The van der Waals surface area contributed by atoms with E-state index in [9.17, 15) is 10.1 Å². The first-order valence-electron chi connectivity index (χ1n) is 7.85. The molecule has 0 amide bonds. The van der Waals surface area contributed by atoms with E-state index in [0.717, 1.165) is 5.52 Å². The molecule has 4 rings (SSSR count). The summed E-state index contributed by atoms with van der Waals surface area (Å²) in [4.78, 5) is 17.2. The van der Waals surface area contributed by atoms with Crippen molar-refractivity contribution in [3.05, 3.63) is 46.6 Å². The van der Waals surface area contributed by atoms with Crippen molar-refractivity contribution in [3.63, 3.8) is 0 Å². The van der Waals surface area contributed by atoms with Gasteiger partial charge in [0, 0.05) is 7.05 Å². The fourth-order valence-electron chi connectivity index (χ4n) is 3.20. The first-order valence-corrected chi connectivity index (χ1v) is 7.85. The third-order valence-corrected chi connectivity index (χ3v) is 4.33. The molecule has 0 radical (unpaired) electrons. The van der Waals surface area contributed by atoms with E-state index in [1.165, 1.54) is 4.68 Å². The Bertz CT molecular complexity index is 1220. The highest BCUT2D eigenvalue weighted by Gasteiger charge is 2.23. The number of hydrogen-bond donors (Lipinski definition) is 0. The predicted molar refractivity (Wildman–Crippen MR) is 92.1 cm³/mol. The van der Waals surface area contributed by atoms with Gasteiger partial charge in [0.1, 0.15) is 23.4 Å². The monoisotopic (exact) mass is 333 g/mol. The summed E-state index contributed by atoms with van der Waals surface area (Å²) in [5.74, 6) is 0.0267. The molecule has 4 aromatic rings. The highest BCUT2D eigenvalue weighted by molar-refractivity contribution is 5.84. The van der Waals surface area contributed by atoms with Gasteiger partial charge in [-0.25, -0.2) is 4.98 Å². The average Bonchev–Trinajstić information content (AvgIpc) is 3.23. The maximum atomic E-state index is 12.7. The largest absolute Gasteiger partial charge is 0.295 e. The maximum absolute atomic E-state index is 12.7. The van der Waals surface area contributed by atoms with E-state index < -0.39 is 0 Å². The van der Waals surface area contributed by atoms with Crippen molar-refractivity contribution in [1.82, 2.24) is 28.9 Å². The van der Waals surface area contributed by atoms with Crippen molar-refractivity contribution in [3.8, 4) is 17.6 Å². The van der Waals surface area contributed by atoms with Crippen LogP contribution >= 0.6 is 0 Å². The molecule has 3 heterocycles. The van der Waals surface area contributed by atoms with Crippen LogP contribution in [0, 0.1) is 11.5 Å². The summed E-state index contributed by atoms with van der Waals surface area (Å²) in [7, 11) is 1.71. The van der Waals surface area contributed by atoms with Gasteiger partial charge in [-0.3, -0.25) is 13.8 Å². The molecule has 3 aromatic heterocycles. The number of fused-ring (bicyclic) bond motifs is 3. The molecule has 0 unspecified atom stereocenters. The standard InChI is InChI=1S/C17H15N7O/c1-10(2)15-13(20-21-24(15)8-18)14-16-22(3)17(25)11-6-4-5-7-12(11)23(16)9-19-14/h4-7,9-10H,1-3H3. The fourth-order valence-corrected chi connectivity index (χ4v) is 3.20. The molecule has 8 nitrogen and oxygen atoms in total. The SMILES string of the molecule is CC(C)c1c(-c2ncn3c4ccccc4c(=O)n(C)c23)nnn1C#N. The predicted octanol–water partition coefficient (Wildman–Crippen LogP) is 1.90. The number of rotatable bonds is 2. The fraction of sp³-hybridized carbons (Fsp3) is 0.235. The smallest absolute Gasteiger partial charge is 0.261 e. The summed E-state index contributed by atoms with van der Waals surface area (Å²) < 4.78 is 4.62. The highest BCUT2D eigenvalue weighted by atomic mass is 16.1. The van der Waals surface area contributed by atoms with Crippen molar-refractivity contribution in [2.45, 2.75) is 19.8 Å². The van der Waals surface area contributed by atoms with E-state index in [-0.39, 0.29) is 11.5 Å². The van der Waals surface area contributed by atoms with Crippen LogP contribution in [0.5, 0.6) is 0 Å². The van der Waals surface area contributed by atoms with Gasteiger partial charge in [-0.2, -0.15) is 5.26 Å². The highest BCUT2D eigenvalue weighted by Crippen LogP contribution is 2.29. The van der Waals surface area contributed by atoms with E-state index >= 15 is 0 Å². The molecule has 0 aliphatic rings. The number of aromatic nitrogens is 6. The van der Waals surface area contributed by atoms with Gasteiger partial charge >= 0.3 is 0 Å². The molecule has 0 atom stereocenters. The molecular weight excluding hydrogens is 318 g/mol. The molecule has 8 heteroatoms. The Labute approximate surface area is 142 Å². The van der Waals surface area contributed by atoms with Crippen LogP contribution in [-0.2, 0) is 7.05 Å². The summed E-state index contributed by atoms with van der Waals surface area (Å²) in [6.07, 6.45) is 3.67. The number of nitrogens with zero attached hydrogens (tertiary/aromatic N) is 7. The van der Waals surface area contributed by atoms with Gasteiger partial charge in [0.05, 0.1) is 16.6 Å². The zero-order chi connectivity index (χ0) is 17.7. The maximum Gasteiger partial charge on any atom is 0.261 e. The van der Waals surface area contributed by atoms with E-state index in [0.29, 0.717) is 28.1 Å². The van der Waals surface area contributed by atoms with Crippen LogP contribution in [0.4, 0.5) is 0 Å². The second kappa shape index (κ2) is 5.27. The Balaban J connectivity index is 2.15. The van der Waals surface area contributed by atoms with E-state index in [1.54, 1.807) is 24.0 Å². The molecule has 0 saturated heterocycles. The van der Waals surface area contributed by atoms with Crippen LogP contribution in [0.25, 0.3) is 27.9 Å². The van der Waals surface area contributed by atoms with Gasteiger partial charge < -0.3 is 0 Å². The first-order chi connectivity index (χ1) is 12.0. The van der Waals surface area contributed by atoms with Gasteiger partial charge in [-0.15, -0.1) is 9.78 Å². The molecular formula is C17H15N7O. The number of imidazole rings is 1. The zero-order valence-electron chi connectivity index (χ0n) is 14.0. The second-order valence-electron chi connectivity index (χ2n) is 6.16. The van der Waals surface area contributed by atoms with Crippen LogP contribution in [0.3, 0.4) is 0 Å². The minimum Gasteiger partial charge on any atom is -0.295 e. The third-order valence-electron chi connectivity index (χ3n) is 4.33. The Morgan fingerprint density at radius 1 is 1.20 bits per heavy atom. The van der Waals surface area contributed by atoms with E-state index in [4.69, 9.17) is 0 Å². The Kier molecular flexibility index (Phi) is 3.18. The van der Waals surface area contributed by atoms with Gasteiger partial charge in [-0.05, 0) is 18.1 Å². The minimum atomic E-state index is -0.108. The summed E-state index contributed by atoms with van der Waals surface area (Å²) in [6.45, 7) is 3.92. The van der Waals surface area contributed by atoms with Crippen molar-refractivity contribution in [2.75, 3.05) is 0 Å². The third kappa shape index (κ3) is 1.99. The lowest BCUT2D eigenvalue weighted by atomic mass is 10.1. The molecule has 1 aromatic carbocycles. The Hall–Kier alpha value is -3.47. The summed E-state index contributed by atoms with van der Waals surface area (Å²) in [5, 5.41) is 17.9. The Morgan fingerprint density at radius 3 is 2.68 bits per heavy atom. The van der Waals surface area contributed by atoms with Crippen molar-refractivity contribution in [1.29, 1.82) is 5.26 Å². The number of aryl methyl sites for hydroxylation is 1. The second-order valence-corrected chi connectivity index (χ2v) is 6.16. The quantitative estimate of drug-likeness (QED) is 0.558.